The number of likely N-dealkylation sites (N-methyl/N-ethyl adjacent to an activating group) is 1. The number of rotatable bonds is 8. The van der Waals surface area contributed by atoms with Gasteiger partial charge in [0.1, 0.15) is 5.60 Å². The third-order valence-electron chi connectivity index (χ3n) is 3.47. The number of aryl methyl sites for hydroxylation is 1. The van der Waals surface area contributed by atoms with Crippen molar-refractivity contribution < 1.29 is 14.3 Å². The van der Waals surface area contributed by atoms with Crippen LogP contribution in [0, 0.1) is 6.92 Å². The smallest absolute Gasteiger partial charge is 0.407 e. The van der Waals surface area contributed by atoms with Gasteiger partial charge in [0.25, 0.3) is 0 Å². The standard InChI is InChI=1S/C19H31N3O3/c1-6-22(16-9-7-8-15(2)14-16)13-12-20-17(23)10-11-21-18(24)25-19(3,4)5/h7-9,14H,6,10-13H2,1-5H3,(H,20,23)(H,21,24). The molecule has 0 unspecified atom stereocenters. The van der Waals surface area contributed by atoms with Gasteiger partial charge in [0.2, 0.25) is 5.91 Å². The van der Waals surface area contributed by atoms with Crippen molar-refractivity contribution in [1.29, 1.82) is 0 Å². The first-order valence-electron chi connectivity index (χ1n) is 8.76. The summed E-state index contributed by atoms with van der Waals surface area (Å²) in [6, 6.07) is 8.31. The summed E-state index contributed by atoms with van der Waals surface area (Å²) in [5.41, 5.74) is 1.84. The largest absolute Gasteiger partial charge is 0.444 e. The molecule has 0 spiro atoms. The average molecular weight is 349 g/mol. The Balaban J connectivity index is 2.26. The zero-order valence-corrected chi connectivity index (χ0v) is 16.0. The van der Waals surface area contributed by atoms with Crippen molar-refractivity contribution in [3.05, 3.63) is 29.8 Å². The third kappa shape index (κ3) is 8.98. The zero-order chi connectivity index (χ0) is 18.9. The van der Waals surface area contributed by atoms with E-state index in [9.17, 15) is 9.59 Å². The number of carbonyl (C=O) groups excluding carboxylic acids is 2. The van der Waals surface area contributed by atoms with Crippen LogP contribution in [-0.2, 0) is 9.53 Å². The maximum absolute atomic E-state index is 11.8. The van der Waals surface area contributed by atoms with Gasteiger partial charge in [-0.25, -0.2) is 4.79 Å². The van der Waals surface area contributed by atoms with E-state index in [1.165, 1.54) is 5.56 Å². The molecular weight excluding hydrogens is 318 g/mol. The summed E-state index contributed by atoms with van der Waals surface area (Å²) in [6.07, 6.45) is -0.271. The number of anilines is 1. The second-order valence-electron chi connectivity index (χ2n) is 6.95. The van der Waals surface area contributed by atoms with Crippen molar-refractivity contribution >= 4 is 17.7 Å². The molecule has 0 aliphatic rings. The van der Waals surface area contributed by atoms with Crippen molar-refractivity contribution in [1.82, 2.24) is 10.6 Å². The fraction of sp³-hybridized carbons (Fsp3) is 0.579. The van der Waals surface area contributed by atoms with Crippen molar-refractivity contribution in [2.75, 3.05) is 31.1 Å². The number of amides is 2. The molecule has 0 radical (unpaired) electrons. The van der Waals surface area contributed by atoms with Crippen LogP contribution < -0.4 is 15.5 Å². The lowest BCUT2D eigenvalue weighted by Crippen LogP contribution is -2.37. The Morgan fingerprint density at radius 2 is 1.88 bits per heavy atom. The van der Waals surface area contributed by atoms with Crippen LogP contribution >= 0.6 is 0 Å². The first-order valence-corrected chi connectivity index (χ1v) is 8.76. The van der Waals surface area contributed by atoms with E-state index in [1.54, 1.807) is 20.8 Å². The minimum atomic E-state index is -0.536. The molecule has 0 fully saturated rings. The molecule has 0 bridgehead atoms. The van der Waals surface area contributed by atoms with Crippen LogP contribution in [0.2, 0.25) is 0 Å². The number of alkyl carbamates (subject to hydrolysis) is 1. The molecule has 2 amide bonds. The maximum Gasteiger partial charge on any atom is 0.407 e. The number of carbonyl (C=O) groups is 2. The Bertz CT molecular complexity index is 567. The van der Waals surface area contributed by atoms with E-state index in [0.29, 0.717) is 6.54 Å². The highest BCUT2D eigenvalue weighted by Gasteiger charge is 2.15. The highest BCUT2D eigenvalue weighted by Crippen LogP contribution is 2.14. The average Bonchev–Trinajstić information content (AvgIpc) is 2.49. The van der Waals surface area contributed by atoms with Gasteiger partial charge in [0, 0.05) is 38.3 Å². The lowest BCUT2D eigenvalue weighted by Gasteiger charge is -2.23. The zero-order valence-electron chi connectivity index (χ0n) is 16.0. The van der Waals surface area contributed by atoms with Crippen LogP contribution in [0.1, 0.15) is 39.7 Å². The van der Waals surface area contributed by atoms with Gasteiger partial charge in [-0.3, -0.25) is 4.79 Å². The molecule has 2 N–H and O–H groups in total. The first-order chi connectivity index (χ1) is 11.7. The minimum absolute atomic E-state index is 0.0867. The molecule has 0 atom stereocenters. The van der Waals surface area contributed by atoms with Crippen molar-refractivity contribution in [2.24, 2.45) is 0 Å². The second kappa shape index (κ2) is 9.91. The molecular formula is C19H31N3O3. The number of nitrogens with zero attached hydrogens (tertiary/aromatic N) is 1. The SMILES string of the molecule is CCN(CCNC(=O)CCNC(=O)OC(C)(C)C)c1cccc(C)c1. The minimum Gasteiger partial charge on any atom is -0.444 e. The van der Waals surface area contributed by atoms with Crippen molar-refractivity contribution in [3.63, 3.8) is 0 Å². The molecule has 0 saturated heterocycles. The number of benzene rings is 1. The van der Waals surface area contributed by atoms with E-state index in [1.807, 2.05) is 6.07 Å². The summed E-state index contributed by atoms with van der Waals surface area (Å²) >= 11 is 0. The monoisotopic (exact) mass is 349 g/mol. The number of ether oxygens (including phenoxy) is 1. The number of nitrogens with one attached hydrogen (secondary N) is 2. The fourth-order valence-electron chi connectivity index (χ4n) is 2.31. The van der Waals surface area contributed by atoms with Crippen LogP contribution in [0.4, 0.5) is 10.5 Å². The second-order valence-corrected chi connectivity index (χ2v) is 6.95. The Hall–Kier alpha value is -2.24. The Kier molecular flexibility index (Phi) is 8.25. The van der Waals surface area contributed by atoms with Gasteiger partial charge < -0.3 is 20.3 Å². The van der Waals surface area contributed by atoms with Crippen LogP contribution in [0.25, 0.3) is 0 Å². The Labute approximate surface area is 150 Å². The normalized spacial score (nSPS) is 10.9. The van der Waals surface area contributed by atoms with Crippen molar-refractivity contribution in [2.45, 2.75) is 46.6 Å². The molecule has 0 heterocycles. The summed E-state index contributed by atoms with van der Waals surface area (Å²) in [5.74, 6) is -0.0867. The van der Waals surface area contributed by atoms with Gasteiger partial charge in [-0.15, -0.1) is 0 Å². The van der Waals surface area contributed by atoms with Gasteiger partial charge in [-0.2, -0.15) is 0 Å². The fourth-order valence-corrected chi connectivity index (χ4v) is 2.31. The first kappa shape index (κ1) is 20.8. The van der Waals surface area contributed by atoms with Crippen molar-refractivity contribution in [3.8, 4) is 0 Å². The number of hydrogen-bond acceptors (Lipinski definition) is 4. The maximum atomic E-state index is 11.8. The van der Waals surface area contributed by atoms with Crippen LogP contribution in [0.5, 0.6) is 0 Å². The molecule has 0 aliphatic heterocycles. The molecule has 1 rings (SSSR count). The molecule has 25 heavy (non-hydrogen) atoms. The highest BCUT2D eigenvalue weighted by atomic mass is 16.6. The molecule has 0 aromatic heterocycles. The van der Waals surface area contributed by atoms with E-state index in [2.05, 4.69) is 47.6 Å². The topological polar surface area (TPSA) is 70.7 Å². The van der Waals surface area contributed by atoms with Gasteiger partial charge >= 0.3 is 6.09 Å². The lowest BCUT2D eigenvalue weighted by molar-refractivity contribution is -0.120. The predicted molar refractivity (Wildman–Crippen MR) is 101 cm³/mol. The molecule has 0 aliphatic carbocycles. The quantitative estimate of drug-likeness (QED) is 0.757. The van der Waals surface area contributed by atoms with E-state index >= 15 is 0 Å². The van der Waals surface area contributed by atoms with Gasteiger partial charge in [0.15, 0.2) is 0 Å². The third-order valence-corrected chi connectivity index (χ3v) is 3.47. The number of hydrogen-bond donors (Lipinski definition) is 2. The lowest BCUT2D eigenvalue weighted by atomic mass is 10.2. The van der Waals surface area contributed by atoms with Gasteiger partial charge in [0.05, 0.1) is 0 Å². The summed E-state index contributed by atoms with van der Waals surface area (Å²) in [7, 11) is 0. The van der Waals surface area contributed by atoms with Gasteiger partial charge in [-0.1, -0.05) is 12.1 Å². The highest BCUT2D eigenvalue weighted by molar-refractivity contribution is 5.77. The summed E-state index contributed by atoms with van der Waals surface area (Å²) in [4.78, 5) is 25.6. The van der Waals surface area contributed by atoms with E-state index < -0.39 is 11.7 Å². The van der Waals surface area contributed by atoms with Gasteiger partial charge in [-0.05, 0) is 52.3 Å². The predicted octanol–water partition coefficient (Wildman–Crippen LogP) is 2.85. The summed E-state index contributed by atoms with van der Waals surface area (Å²) in [6.45, 7) is 12.0. The molecule has 6 heteroatoms. The van der Waals surface area contributed by atoms with Crippen LogP contribution in [0.15, 0.2) is 24.3 Å². The molecule has 0 saturated carbocycles. The molecule has 1 aromatic carbocycles. The molecule has 140 valence electrons. The Morgan fingerprint density at radius 1 is 1.16 bits per heavy atom. The van der Waals surface area contributed by atoms with E-state index in [-0.39, 0.29) is 18.9 Å². The van der Waals surface area contributed by atoms with E-state index in [0.717, 1.165) is 18.8 Å². The van der Waals surface area contributed by atoms with E-state index in [4.69, 9.17) is 4.74 Å². The van der Waals surface area contributed by atoms with Crippen LogP contribution in [0.3, 0.4) is 0 Å². The van der Waals surface area contributed by atoms with Crippen LogP contribution in [-0.4, -0.2) is 43.8 Å². The Morgan fingerprint density at radius 3 is 2.48 bits per heavy atom. The summed E-state index contributed by atoms with van der Waals surface area (Å²) < 4.78 is 5.12. The summed E-state index contributed by atoms with van der Waals surface area (Å²) in [5, 5.41) is 5.46. The molecule has 6 nitrogen and oxygen atoms in total. The molecule has 1 aromatic rings.